The van der Waals surface area contributed by atoms with Crippen molar-refractivity contribution in [2.75, 3.05) is 6.61 Å². The van der Waals surface area contributed by atoms with E-state index in [-0.39, 0.29) is 11.3 Å². The van der Waals surface area contributed by atoms with E-state index >= 15 is 0 Å². The first-order valence-electron chi connectivity index (χ1n) is 12.4. The summed E-state index contributed by atoms with van der Waals surface area (Å²) in [7, 11) is -3.85. The topological polar surface area (TPSA) is 102 Å². The van der Waals surface area contributed by atoms with Crippen molar-refractivity contribution in [2.45, 2.75) is 56.4 Å². The van der Waals surface area contributed by atoms with Crippen LogP contribution in [0.5, 0.6) is 0 Å². The first kappa shape index (κ1) is 27.0. The van der Waals surface area contributed by atoms with Crippen molar-refractivity contribution < 1.29 is 27.8 Å². The minimum Gasteiger partial charge on any atom is -0.460 e. The van der Waals surface area contributed by atoms with E-state index in [9.17, 15) is 18.3 Å². The molecule has 0 fully saturated rings. The number of benzene rings is 3. The Bertz CT molecular complexity index is 1290. The van der Waals surface area contributed by atoms with Crippen LogP contribution in [0.3, 0.4) is 0 Å². The predicted octanol–water partition coefficient (Wildman–Crippen LogP) is 4.09. The molecule has 0 saturated carbocycles. The summed E-state index contributed by atoms with van der Waals surface area (Å²) in [6.45, 7) is 4.21. The molecule has 1 aliphatic carbocycles. The molecule has 37 heavy (non-hydrogen) atoms. The van der Waals surface area contributed by atoms with Gasteiger partial charge in [0.2, 0.25) is 10.0 Å². The Labute approximate surface area is 218 Å². The van der Waals surface area contributed by atoms with Gasteiger partial charge in [-0.2, -0.15) is 4.72 Å². The number of carbonyl (C=O) groups excluding carboxylic acids is 1. The molecular weight excluding hydrogens is 490 g/mol. The summed E-state index contributed by atoms with van der Waals surface area (Å²) < 4.78 is 40.4. The lowest BCUT2D eigenvalue weighted by molar-refractivity contribution is -0.158. The molecule has 0 radical (unpaired) electrons. The molecule has 2 N–H and O–H groups in total. The van der Waals surface area contributed by atoms with Crippen LogP contribution in [0.15, 0.2) is 83.8 Å². The van der Waals surface area contributed by atoms with Crippen molar-refractivity contribution in [3.05, 3.63) is 101 Å². The molecule has 196 valence electrons. The van der Waals surface area contributed by atoms with Gasteiger partial charge < -0.3 is 14.6 Å². The highest BCUT2D eigenvalue weighted by Gasteiger charge is 2.39. The number of aliphatic hydroxyl groups is 1. The minimum atomic E-state index is -3.85. The third-order valence-electron chi connectivity index (χ3n) is 6.68. The molecule has 0 heterocycles. The molecule has 3 aromatic carbocycles. The van der Waals surface area contributed by atoms with Crippen LogP contribution in [0.1, 0.15) is 41.6 Å². The molecule has 0 amide bonds. The second kappa shape index (κ2) is 12.0. The normalized spacial score (nSPS) is 18.7. The molecule has 1 aliphatic rings. The number of aliphatic hydroxyl groups excluding tert-OH is 1. The van der Waals surface area contributed by atoms with Crippen LogP contribution in [0.25, 0.3) is 0 Å². The molecule has 0 unspecified atom stereocenters. The molecule has 0 bridgehead atoms. The second-order valence-electron chi connectivity index (χ2n) is 9.47. The molecule has 8 heteroatoms. The number of esters is 1. The van der Waals surface area contributed by atoms with Crippen LogP contribution in [0.4, 0.5) is 0 Å². The number of ether oxygens (including phenoxy) is 2. The van der Waals surface area contributed by atoms with E-state index in [0.717, 1.165) is 22.3 Å². The largest absolute Gasteiger partial charge is 0.460 e. The zero-order chi connectivity index (χ0) is 26.4. The van der Waals surface area contributed by atoms with Gasteiger partial charge in [0.15, 0.2) is 0 Å². The summed E-state index contributed by atoms with van der Waals surface area (Å²) in [6, 6.07) is 23.0. The van der Waals surface area contributed by atoms with Crippen LogP contribution in [0, 0.1) is 12.8 Å². The zero-order valence-corrected chi connectivity index (χ0v) is 21.9. The van der Waals surface area contributed by atoms with Crippen molar-refractivity contribution >= 4 is 16.0 Å². The van der Waals surface area contributed by atoms with Gasteiger partial charge in [-0.15, -0.1) is 0 Å². The molecule has 0 spiro atoms. The first-order chi connectivity index (χ1) is 17.7. The fraction of sp³-hybridized carbons (Fsp3) is 0.345. The second-order valence-corrected chi connectivity index (χ2v) is 11.2. The van der Waals surface area contributed by atoms with Crippen LogP contribution in [-0.2, 0) is 37.3 Å². The van der Waals surface area contributed by atoms with Crippen LogP contribution in [0.2, 0.25) is 0 Å². The zero-order valence-electron chi connectivity index (χ0n) is 21.0. The van der Waals surface area contributed by atoms with Crippen LogP contribution in [-0.4, -0.2) is 38.3 Å². The fourth-order valence-electron chi connectivity index (χ4n) is 4.39. The number of hydrogen-bond acceptors (Lipinski definition) is 6. The third-order valence-corrected chi connectivity index (χ3v) is 8.14. The van der Waals surface area contributed by atoms with Crippen molar-refractivity contribution in [3.8, 4) is 0 Å². The van der Waals surface area contributed by atoms with Crippen molar-refractivity contribution in [3.63, 3.8) is 0 Å². The van der Waals surface area contributed by atoms with Gasteiger partial charge in [0.1, 0.15) is 6.10 Å². The Balaban J connectivity index is 1.38. The van der Waals surface area contributed by atoms with Gasteiger partial charge in [0, 0.05) is 13.0 Å². The summed E-state index contributed by atoms with van der Waals surface area (Å²) in [5.74, 6) is -1.37. The van der Waals surface area contributed by atoms with Crippen molar-refractivity contribution in [1.29, 1.82) is 0 Å². The Kier molecular flexibility index (Phi) is 8.76. The van der Waals surface area contributed by atoms with E-state index in [1.165, 1.54) is 0 Å². The van der Waals surface area contributed by atoms with E-state index in [2.05, 4.69) is 4.72 Å². The van der Waals surface area contributed by atoms with Gasteiger partial charge in [-0.05, 0) is 49.1 Å². The molecule has 4 atom stereocenters. The quantitative estimate of drug-likeness (QED) is 0.290. The standard InChI is InChI=1S/C29H33NO6S/c1-20-12-14-24(15-13-20)37(33,34)30-28-25-11-7-6-10-23(25)18-27(28)36-29(32)21(2)26(31)16-17-35-19-22-8-4-3-5-9-22/h3-15,21,26-28,30-31H,16-19H2,1-2H3/t21-,26-,27+,28-/m0/s1. The minimum absolute atomic E-state index is 0.145. The van der Waals surface area contributed by atoms with Gasteiger partial charge >= 0.3 is 5.97 Å². The highest BCUT2D eigenvalue weighted by molar-refractivity contribution is 7.89. The highest BCUT2D eigenvalue weighted by atomic mass is 32.2. The van der Waals surface area contributed by atoms with Gasteiger partial charge in [-0.3, -0.25) is 4.79 Å². The lowest BCUT2D eigenvalue weighted by Gasteiger charge is -2.25. The number of rotatable bonds is 11. The average Bonchev–Trinajstić information content (AvgIpc) is 3.23. The lowest BCUT2D eigenvalue weighted by atomic mass is 10.0. The SMILES string of the molecule is Cc1ccc(S(=O)(=O)N[C@H]2c3ccccc3C[C@H]2OC(=O)[C@@H](C)[C@@H](O)CCOCc2ccccc2)cc1. The smallest absolute Gasteiger partial charge is 0.311 e. The monoisotopic (exact) mass is 523 g/mol. The number of fused-ring (bicyclic) bond motifs is 1. The maximum atomic E-state index is 13.1. The summed E-state index contributed by atoms with van der Waals surface area (Å²) in [6.07, 6.45) is -1.02. The summed E-state index contributed by atoms with van der Waals surface area (Å²) in [5, 5.41) is 10.6. The molecule has 4 rings (SSSR count). The van der Waals surface area contributed by atoms with Gasteiger partial charge in [0.25, 0.3) is 0 Å². The van der Waals surface area contributed by atoms with Gasteiger partial charge in [-0.25, -0.2) is 8.42 Å². The van der Waals surface area contributed by atoms with E-state index in [0.29, 0.717) is 19.6 Å². The van der Waals surface area contributed by atoms with Crippen molar-refractivity contribution in [2.24, 2.45) is 5.92 Å². The van der Waals surface area contributed by atoms with E-state index in [4.69, 9.17) is 9.47 Å². The van der Waals surface area contributed by atoms with E-state index in [1.54, 1.807) is 31.2 Å². The van der Waals surface area contributed by atoms with Crippen LogP contribution >= 0.6 is 0 Å². The number of hydrogen-bond donors (Lipinski definition) is 2. The molecule has 7 nitrogen and oxygen atoms in total. The van der Waals surface area contributed by atoms with Crippen molar-refractivity contribution in [1.82, 2.24) is 4.72 Å². The Morgan fingerprint density at radius 1 is 1.03 bits per heavy atom. The first-order valence-corrected chi connectivity index (χ1v) is 13.9. The van der Waals surface area contributed by atoms with E-state index in [1.807, 2.05) is 61.5 Å². The Hall–Kier alpha value is -3.04. The summed E-state index contributed by atoms with van der Waals surface area (Å²) >= 11 is 0. The molecule has 0 saturated heterocycles. The van der Waals surface area contributed by atoms with Gasteiger partial charge in [0.05, 0.1) is 29.6 Å². The summed E-state index contributed by atoms with van der Waals surface area (Å²) in [4.78, 5) is 13.1. The maximum Gasteiger partial charge on any atom is 0.311 e. The number of aryl methyl sites for hydroxylation is 1. The maximum absolute atomic E-state index is 13.1. The fourth-order valence-corrected chi connectivity index (χ4v) is 5.64. The molecular formula is C29H33NO6S. The Morgan fingerprint density at radius 3 is 2.43 bits per heavy atom. The number of sulfonamides is 1. The highest BCUT2D eigenvalue weighted by Crippen LogP contribution is 2.35. The predicted molar refractivity (Wildman–Crippen MR) is 140 cm³/mol. The molecule has 0 aromatic heterocycles. The third kappa shape index (κ3) is 6.84. The Morgan fingerprint density at radius 2 is 1.70 bits per heavy atom. The number of carbonyl (C=O) groups is 1. The average molecular weight is 524 g/mol. The number of nitrogens with one attached hydrogen (secondary N) is 1. The lowest BCUT2D eigenvalue weighted by Crippen LogP contribution is -2.38. The summed E-state index contributed by atoms with van der Waals surface area (Å²) in [5.41, 5.74) is 3.68. The van der Waals surface area contributed by atoms with Crippen LogP contribution < -0.4 is 4.72 Å². The molecule has 0 aliphatic heterocycles. The van der Waals surface area contributed by atoms with Gasteiger partial charge in [-0.1, -0.05) is 72.3 Å². The molecule has 3 aromatic rings. The van der Waals surface area contributed by atoms with E-state index < -0.39 is 40.2 Å².